The summed E-state index contributed by atoms with van der Waals surface area (Å²) in [5.41, 5.74) is 1.78. The maximum atomic E-state index is 13.7. The minimum Gasteiger partial charge on any atom is -0.487 e. The van der Waals surface area contributed by atoms with Crippen LogP contribution in [0.2, 0.25) is 0 Å². The molecular formula is C20H21FN2O3. The maximum Gasteiger partial charge on any atom is 0.229 e. The van der Waals surface area contributed by atoms with Gasteiger partial charge in [-0.2, -0.15) is 0 Å². The molecule has 3 heterocycles. The molecule has 0 bridgehead atoms. The van der Waals surface area contributed by atoms with Crippen LogP contribution in [-0.2, 0) is 6.54 Å². The van der Waals surface area contributed by atoms with Gasteiger partial charge in [0.1, 0.15) is 18.1 Å². The first-order valence-electron chi connectivity index (χ1n) is 8.81. The Morgan fingerprint density at radius 2 is 2.04 bits per heavy atom. The molecule has 4 rings (SSSR count). The number of piperidine rings is 1. The van der Waals surface area contributed by atoms with E-state index in [1.165, 1.54) is 6.07 Å². The van der Waals surface area contributed by atoms with Gasteiger partial charge in [-0.1, -0.05) is 12.1 Å². The highest BCUT2D eigenvalue weighted by atomic mass is 19.1. The minimum absolute atomic E-state index is 0.0445. The van der Waals surface area contributed by atoms with Crippen LogP contribution in [0, 0.1) is 12.7 Å². The molecule has 6 heteroatoms. The zero-order chi connectivity index (χ0) is 17.9. The van der Waals surface area contributed by atoms with Crippen molar-refractivity contribution in [3.63, 3.8) is 0 Å². The van der Waals surface area contributed by atoms with E-state index in [2.05, 4.69) is 9.88 Å². The van der Waals surface area contributed by atoms with Gasteiger partial charge in [-0.05, 0) is 38.0 Å². The zero-order valence-corrected chi connectivity index (χ0v) is 14.7. The number of nitrogens with zero attached hydrogens (tertiary/aromatic N) is 2. The van der Waals surface area contributed by atoms with Crippen molar-refractivity contribution in [1.82, 2.24) is 9.88 Å². The van der Waals surface area contributed by atoms with E-state index in [9.17, 15) is 4.39 Å². The van der Waals surface area contributed by atoms with E-state index in [1.54, 1.807) is 30.7 Å². The molecule has 5 nitrogen and oxygen atoms in total. The van der Waals surface area contributed by atoms with Gasteiger partial charge in [-0.25, -0.2) is 9.37 Å². The molecule has 0 N–H and O–H groups in total. The van der Waals surface area contributed by atoms with E-state index in [0.29, 0.717) is 11.6 Å². The summed E-state index contributed by atoms with van der Waals surface area (Å²) in [5.74, 6) is 1.44. The van der Waals surface area contributed by atoms with Gasteiger partial charge in [0, 0.05) is 19.6 Å². The van der Waals surface area contributed by atoms with Gasteiger partial charge in [0.2, 0.25) is 5.89 Å². The van der Waals surface area contributed by atoms with E-state index in [0.717, 1.165) is 49.5 Å². The fraction of sp³-hybridized carbons (Fsp3) is 0.350. The molecule has 0 radical (unpaired) electrons. The summed E-state index contributed by atoms with van der Waals surface area (Å²) in [4.78, 5) is 6.92. The normalized spacial score (nSPS) is 16.1. The first kappa shape index (κ1) is 16.8. The quantitative estimate of drug-likeness (QED) is 0.677. The number of likely N-dealkylation sites (tertiary alicyclic amines) is 1. The standard InChI is InChI=1S/C20H21FN2O3/c1-14-18(22-20(25-14)15-8-11-24-13-15)12-23-9-6-16(7-10-23)26-19-5-3-2-4-17(19)21/h2-5,8,11,13,16H,6-7,9-10,12H2,1H3. The molecule has 0 saturated carbocycles. The summed E-state index contributed by atoms with van der Waals surface area (Å²) in [6.45, 7) is 4.43. The molecular weight excluding hydrogens is 335 g/mol. The number of benzene rings is 1. The predicted octanol–water partition coefficient (Wildman–Crippen LogP) is 4.43. The van der Waals surface area contributed by atoms with Crippen LogP contribution in [0.3, 0.4) is 0 Å². The van der Waals surface area contributed by atoms with Crippen molar-refractivity contribution < 1.29 is 18.0 Å². The van der Waals surface area contributed by atoms with Crippen molar-refractivity contribution in [1.29, 1.82) is 0 Å². The lowest BCUT2D eigenvalue weighted by molar-refractivity contribution is 0.0927. The Kier molecular flexibility index (Phi) is 4.75. The summed E-state index contributed by atoms with van der Waals surface area (Å²) in [6.07, 6.45) is 5.00. The highest BCUT2D eigenvalue weighted by Gasteiger charge is 2.23. The molecule has 1 saturated heterocycles. The van der Waals surface area contributed by atoms with Gasteiger partial charge >= 0.3 is 0 Å². The number of rotatable bonds is 5. The van der Waals surface area contributed by atoms with Gasteiger partial charge < -0.3 is 13.6 Å². The van der Waals surface area contributed by atoms with Crippen LogP contribution in [-0.4, -0.2) is 29.1 Å². The average molecular weight is 356 g/mol. The predicted molar refractivity (Wildman–Crippen MR) is 94.3 cm³/mol. The third kappa shape index (κ3) is 3.65. The second-order valence-corrected chi connectivity index (χ2v) is 6.56. The number of hydrogen-bond donors (Lipinski definition) is 0. The monoisotopic (exact) mass is 356 g/mol. The largest absolute Gasteiger partial charge is 0.487 e. The summed E-state index contributed by atoms with van der Waals surface area (Å²) in [6, 6.07) is 8.40. The Morgan fingerprint density at radius 1 is 1.23 bits per heavy atom. The van der Waals surface area contributed by atoms with Crippen molar-refractivity contribution >= 4 is 0 Å². The highest BCUT2D eigenvalue weighted by molar-refractivity contribution is 5.51. The first-order chi connectivity index (χ1) is 12.7. The fourth-order valence-electron chi connectivity index (χ4n) is 3.20. The first-order valence-corrected chi connectivity index (χ1v) is 8.81. The van der Waals surface area contributed by atoms with Crippen molar-refractivity contribution in [2.75, 3.05) is 13.1 Å². The highest BCUT2D eigenvalue weighted by Crippen LogP contribution is 2.25. The smallest absolute Gasteiger partial charge is 0.229 e. The molecule has 2 aromatic heterocycles. The van der Waals surface area contributed by atoms with E-state index < -0.39 is 0 Å². The van der Waals surface area contributed by atoms with Gasteiger partial charge in [0.05, 0.1) is 17.5 Å². The minimum atomic E-state index is -0.306. The molecule has 0 amide bonds. The molecule has 1 aromatic carbocycles. The lowest BCUT2D eigenvalue weighted by Gasteiger charge is -2.31. The van der Waals surface area contributed by atoms with Crippen LogP contribution >= 0.6 is 0 Å². The summed E-state index contributed by atoms with van der Waals surface area (Å²) >= 11 is 0. The fourth-order valence-corrected chi connectivity index (χ4v) is 3.20. The number of para-hydroxylation sites is 1. The van der Waals surface area contributed by atoms with Gasteiger partial charge in [0.15, 0.2) is 11.6 Å². The number of oxazole rings is 1. The molecule has 1 aliphatic heterocycles. The molecule has 136 valence electrons. The summed E-state index contributed by atoms with van der Waals surface area (Å²) in [5, 5.41) is 0. The summed E-state index contributed by atoms with van der Waals surface area (Å²) < 4.78 is 30.4. The molecule has 26 heavy (non-hydrogen) atoms. The SMILES string of the molecule is Cc1oc(-c2ccoc2)nc1CN1CCC(Oc2ccccc2F)CC1. The van der Waals surface area contributed by atoms with E-state index in [-0.39, 0.29) is 11.9 Å². The molecule has 0 spiro atoms. The molecule has 3 aromatic rings. The number of furan rings is 1. The van der Waals surface area contributed by atoms with Crippen LogP contribution < -0.4 is 4.74 Å². The molecule has 1 fully saturated rings. The summed E-state index contributed by atoms with van der Waals surface area (Å²) in [7, 11) is 0. The number of hydrogen-bond acceptors (Lipinski definition) is 5. The van der Waals surface area contributed by atoms with Crippen LogP contribution in [0.4, 0.5) is 4.39 Å². The number of aryl methyl sites for hydroxylation is 1. The van der Waals surface area contributed by atoms with Crippen molar-refractivity contribution in [2.45, 2.75) is 32.4 Å². The van der Waals surface area contributed by atoms with E-state index in [1.807, 2.05) is 13.0 Å². The van der Waals surface area contributed by atoms with Crippen molar-refractivity contribution in [2.24, 2.45) is 0 Å². The molecule has 0 aliphatic carbocycles. The topological polar surface area (TPSA) is 51.6 Å². The van der Waals surface area contributed by atoms with Crippen LogP contribution in [0.1, 0.15) is 24.3 Å². The molecule has 1 aliphatic rings. The lowest BCUT2D eigenvalue weighted by atomic mass is 10.1. The average Bonchev–Trinajstić information content (AvgIpc) is 3.29. The van der Waals surface area contributed by atoms with Gasteiger partial charge in [0.25, 0.3) is 0 Å². The van der Waals surface area contributed by atoms with Crippen molar-refractivity contribution in [3.05, 3.63) is 60.1 Å². The third-order valence-corrected chi connectivity index (χ3v) is 4.70. The number of halogens is 1. The van der Waals surface area contributed by atoms with Crippen LogP contribution in [0.15, 0.2) is 51.7 Å². The van der Waals surface area contributed by atoms with Gasteiger partial charge in [-0.15, -0.1) is 0 Å². The lowest BCUT2D eigenvalue weighted by Crippen LogP contribution is -2.38. The second-order valence-electron chi connectivity index (χ2n) is 6.56. The molecule has 0 unspecified atom stereocenters. The van der Waals surface area contributed by atoms with Gasteiger partial charge in [-0.3, -0.25) is 4.90 Å². The Morgan fingerprint density at radius 3 is 2.77 bits per heavy atom. The Hall–Kier alpha value is -2.60. The Bertz CT molecular complexity index is 852. The van der Waals surface area contributed by atoms with Crippen LogP contribution in [0.25, 0.3) is 11.5 Å². The number of aromatic nitrogens is 1. The van der Waals surface area contributed by atoms with E-state index >= 15 is 0 Å². The zero-order valence-electron chi connectivity index (χ0n) is 14.7. The third-order valence-electron chi connectivity index (χ3n) is 4.70. The Balaban J connectivity index is 1.34. The van der Waals surface area contributed by atoms with Crippen LogP contribution in [0.5, 0.6) is 5.75 Å². The van der Waals surface area contributed by atoms with E-state index in [4.69, 9.17) is 13.6 Å². The van der Waals surface area contributed by atoms with Crippen molar-refractivity contribution in [3.8, 4) is 17.2 Å². The maximum absolute atomic E-state index is 13.7. The Labute approximate surface area is 151 Å². The number of ether oxygens (including phenoxy) is 1. The second kappa shape index (κ2) is 7.33. The molecule has 0 atom stereocenters.